The molecule has 0 spiro atoms. The zero-order chi connectivity index (χ0) is 12.6. The van der Waals surface area contributed by atoms with E-state index in [1.807, 2.05) is 67.7 Å². The van der Waals surface area contributed by atoms with Gasteiger partial charge in [0.05, 0.1) is 0 Å². The van der Waals surface area contributed by atoms with Crippen LogP contribution in [0.1, 0.15) is 18.1 Å². The van der Waals surface area contributed by atoms with Crippen LogP contribution in [0, 0.1) is 0 Å². The largest absolute Gasteiger partial charge is 0.381 e. The smallest absolute Gasteiger partial charge is 0.112 e. The highest BCUT2D eigenvalue weighted by Crippen LogP contribution is 2.33. The molecule has 0 saturated carbocycles. The standard InChI is InChI=1S/C16H15NO/c1-16(18,12-6-3-2-4-7-12)14-8-5-9-15-13(14)10-11-17-15/h2-11,17-18H,1H3. The van der Waals surface area contributed by atoms with Crippen molar-refractivity contribution in [2.45, 2.75) is 12.5 Å². The summed E-state index contributed by atoms with van der Waals surface area (Å²) >= 11 is 0. The number of fused-ring (bicyclic) bond motifs is 1. The first-order valence-corrected chi connectivity index (χ1v) is 6.04. The summed E-state index contributed by atoms with van der Waals surface area (Å²) in [5, 5.41) is 11.9. The van der Waals surface area contributed by atoms with Crippen LogP contribution in [0.3, 0.4) is 0 Å². The molecular formula is C16H15NO. The zero-order valence-corrected chi connectivity index (χ0v) is 10.2. The van der Waals surface area contributed by atoms with Crippen molar-refractivity contribution in [1.82, 2.24) is 4.98 Å². The van der Waals surface area contributed by atoms with Gasteiger partial charge in [-0.15, -0.1) is 0 Å². The van der Waals surface area contributed by atoms with Gasteiger partial charge in [0.1, 0.15) is 5.60 Å². The van der Waals surface area contributed by atoms with Crippen molar-refractivity contribution in [3.05, 3.63) is 71.9 Å². The molecule has 0 aliphatic rings. The summed E-state index contributed by atoms with van der Waals surface area (Å²) in [5.74, 6) is 0. The molecule has 18 heavy (non-hydrogen) atoms. The molecule has 1 aromatic heterocycles. The molecule has 3 rings (SSSR count). The van der Waals surface area contributed by atoms with Crippen LogP contribution in [0.4, 0.5) is 0 Å². The predicted octanol–water partition coefficient (Wildman–Crippen LogP) is 3.42. The number of aliphatic hydroxyl groups is 1. The van der Waals surface area contributed by atoms with E-state index in [0.717, 1.165) is 22.0 Å². The first-order valence-electron chi connectivity index (χ1n) is 6.04. The average molecular weight is 237 g/mol. The normalized spacial score (nSPS) is 14.6. The third-order valence-electron chi connectivity index (χ3n) is 3.46. The molecule has 2 aromatic carbocycles. The van der Waals surface area contributed by atoms with Crippen LogP contribution < -0.4 is 0 Å². The average Bonchev–Trinajstić information content (AvgIpc) is 2.87. The highest BCUT2D eigenvalue weighted by atomic mass is 16.3. The number of hydrogen-bond acceptors (Lipinski definition) is 1. The monoisotopic (exact) mass is 237 g/mol. The lowest BCUT2D eigenvalue weighted by atomic mass is 9.86. The second kappa shape index (κ2) is 4.00. The van der Waals surface area contributed by atoms with E-state index in [4.69, 9.17) is 0 Å². The van der Waals surface area contributed by atoms with Crippen LogP contribution in [-0.2, 0) is 5.60 Å². The van der Waals surface area contributed by atoms with E-state index in [0.29, 0.717) is 0 Å². The van der Waals surface area contributed by atoms with Crippen molar-refractivity contribution in [3.63, 3.8) is 0 Å². The van der Waals surface area contributed by atoms with Gasteiger partial charge in [0.2, 0.25) is 0 Å². The minimum absolute atomic E-state index is 0.902. The van der Waals surface area contributed by atoms with E-state index in [-0.39, 0.29) is 0 Å². The van der Waals surface area contributed by atoms with E-state index in [2.05, 4.69) is 4.98 Å². The molecule has 1 atom stereocenters. The van der Waals surface area contributed by atoms with E-state index < -0.39 is 5.60 Å². The fourth-order valence-electron chi connectivity index (χ4n) is 2.43. The Morgan fingerprint density at radius 1 is 0.944 bits per heavy atom. The van der Waals surface area contributed by atoms with Crippen LogP contribution in [0.5, 0.6) is 0 Å². The van der Waals surface area contributed by atoms with Crippen molar-refractivity contribution in [2.24, 2.45) is 0 Å². The number of aromatic nitrogens is 1. The van der Waals surface area contributed by atoms with Gasteiger partial charge in [0.15, 0.2) is 0 Å². The van der Waals surface area contributed by atoms with E-state index >= 15 is 0 Å². The number of H-pyrrole nitrogens is 1. The Morgan fingerprint density at radius 2 is 1.72 bits per heavy atom. The molecule has 0 radical (unpaired) electrons. The fraction of sp³-hybridized carbons (Fsp3) is 0.125. The van der Waals surface area contributed by atoms with Crippen LogP contribution in [0.25, 0.3) is 10.9 Å². The third kappa shape index (κ3) is 1.62. The molecular weight excluding hydrogens is 222 g/mol. The van der Waals surface area contributed by atoms with Gasteiger partial charge >= 0.3 is 0 Å². The van der Waals surface area contributed by atoms with Gasteiger partial charge in [0, 0.05) is 17.1 Å². The van der Waals surface area contributed by atoms with Crippen LogP contribution in [-0.4, -0.2) is 10.1 Å². The lowest BCUT2D eigenvalue weighted by Gasteiger charge is -2.25. The van der Waals surface area contributed by atoms with E-state index in [1.165, 1.54) is 0 Å². The predicted molar refractivity (Wildman–Crippen MR) is 73.4 cm³/mol. The highest BCUT2D eigenvalue weighted by Gasteiger charge is 2.27. The maximum Gasteiger partial charge on any atom is 0.112 e. The molecule has 0 bridgehead atoms. The van der Waals surface area contributed by atoms with Crippen LogP contribution >= 0.6 is 0 Å². The first kappa shape index (κ1) is 11.1. The van der Waals surface area contributed by atoms with Gasteiger partial charge < -0.3 is 10.1 Å². The van der Waals surface area contributed by atoms with Gasteiger partial charge in [-0.3, -0.25) is 0 Å². The molecule has 0 aliphatic carbocycles. The molecule has 0 saturated heterocycles. The number of hydrogen-bond donors (Lipinski definition) is 2. The number of aromatic amines is 1. The van der Waals surface area contributed by atoms with Crippen LogP contribution in [0.2, 0.25) is 0 Å². The summed E-state index contributed by atoms with van der Waals surface area (Å²) in [6.07, 6.45) is 1.90. The lowest BCUT2D eigenvalue weighted by molar-refractivity contribution is 0.104. The van der Waals surface area contributed by atoms with Gasteiger partial charge in [-0.1, -0.05) is 42.5 Å². The Bertz CT molecular complexity index is 668. The first-order chi connectivity index (χ1) is 8.69. The SMILES string of the molecule is CC(O)(c1ccccc1)c1cccc2[nH]ccc12. The number of rotatable bonds is 2. The fourth-order valence-corrected chi connectivity index (χ4v) is 2.43. The summed E-state index contributed by atoms with van der Waals surface area (Å²) in [7, 11) is 0. The van der Waals surface area contributed by atoms with Crippen molar-refractivity contribution in [3.8, 4) is 0 Å². The van der Waals surface area contributed by atoms with Gasteiger partial charge in [0.25, 0.3) is 0 Å². The van der Waals surface area contributed by atoms with Gasteiger partial charge in [-0.05, 0) is 30.2 Å². The van der Waals surface area contributed by atoms with Crippen molar-refractivity contribution in [1.29, 1.82) is 0 Å². The van der Waals surface area contributed by atoms with E-state index in [9.17, 15) is 5.11 Å². The van der Waals surface area contributed by atoms with Crippen LogP contribution in [0.15, 0.2) is 60.8 Å². The Labute approximate surface area is 106 Å². The Hall–Kier alpha value is -2.06. The Balaban J connectivity index is 2.22. The van der Waals surface area contributed by atoms with Crippen molar-refractivity contribution >= 4 is 10.9 Å². The molecule has 1 heterocycles. The molecule has 2 nitrogen and oxygen atoms in total. The molecule has 1 unspecified atom stereocenters. The highest BCUT2D eigenvalue weighted by molar-refractivity contribution is 5.84. The maximum absolute atomic E-state index is 10.9. The Morgan fingerprint density at radius 3 is 2.50 bits per heavy atom. The summed E-state index contributed by atoms with van der Waals surface area (Å²) in [4.78, 5) is 3.17. The summed E-state index contributed by atoms with van der Waals surface area (Å²) in [5.41, 5.74) is 1.89. The Kier molecular flexibility index (Phi) is 2.46. The molecule has 0 fully saturated rings. The van der Waals surface area contributed by atoms with Gasteiger partial charge in [-0.25, -0.2) is 0 Å². The second-order valence-electron chi connectivity index (χ2n) is 4.68. The molecule has 2 N–H and O–H groups in total. The van der Waals surface area contributed by atoms with Gasteiger partial charge in [-0.2, -0.15) is 0 Å². The third-order valence-corrected chi connectivity index (χ3v) is 3.46. The quantitative estimate of drug-likeness (QED) is 0.704. The molecule has 0 amide bonds. The number of nitrogens with one attached hydrogen (secondary N) is 1. The minimum Gasteiger partial charge on any atom is -0.381 e. The van der Waals surface area contributed by atoms with E-state index in [1.54, 1.807) is 0 Å². The summed E-state index contributed by atoms with van der Waals surface area (Å²) < 4.78 is 0. The number of benzene rings is 2. The second-order valence-corrected chi connectivity index (χ2v) is 4.68. The van der Waals surface area contributed by atoms with Crippen molar-refractivity contribution < 1.29 is 5.11 Å². The summed E-state index contributed by atoms with van der Waals surface area (Å²) in [6, 6.07) is 17.7. The zero-order valence-electron chi connectivity index (χ0n) is 10.2. The molecule has 0 aliphatic heterocycles. The molecule has 2 heteroatoms. The molecule has 90 valence electrons. The van der Waals surface area contributed by atoms with Crippen molar-refractivity contribution in [2.75, 3.05) is 0 Å². The lowest BCUT2D eigenvalue weighted by Crippen LogP contribution is -2.22. The summed E-state index contributed by atoms with van der Waals surface area (Å²) in [6.45, 7) is 1.84. The minimum atomic E-state index is -0.983. The maximum atomic E-state index is 10.9. The topological polar surface area (TPSA) is 36.0 Å². The molecule has 3 aromatic rings.